The van der Waals surface area contributed by atoms with E-state index in [1.54, 1.807) is 0 Å². The summed E-state index contributed by atoms with van der Waals surface area (Å²) in [6, 6.07) is 9.25. The lowest BCUT2D eigenvalue weighted by atomic mass is 9.54. The molecule has 154 valence electrons. The van der Waals surface area contributed by atoms with Crippen molar-refractivity contribution in [3.8, 4) is 0 Å². The Labute approximate surface area is 171 Å². The summed E-state index contributed by atoms with van der Waals surface area (Å²) in [4.78, 5) is 2.52. The molecule has 1 heterocycles. The molecule has 1 aliphatic heterocycles. The molecular weight excluding hydrogens is 344 g/mol. The predicted molar refractivity (Wildman–Crippen MR) is 118 cm³/mol. The summed E-state index contributed by atoms with van der Waals surface area (Å²) >= 11 is 0. The maximum absolute atomic E-state index is 10.1. The zero-order chi connectivity index (χ0) is 20.2. The molecule has 1 saturated carbocycles. The van der Waals surface area contributed by atoms with Crippen LogP contribution in [0, 0.1) is 11.3 Å². The number of aliphatic hydroxyl groups is 1. The SMILES string of the molecule is C=C[C@]1(CO)CC[C@@H](C(=C)CC)[C@@](C)(c2ccc(CN3CCNCC3)cc2)C1. The van der Waals surface area contributed by atoms with E-state index in [4.69, 9.17) is 0 Å². The monoisotopic (exact) mass is 382 g/mol. The van der Waals surface area contributed by atoms with Gasteiger partial charge in [-0.15, -0.1) is 6.58 Å². The number of nitrogens with zero attached hydrogens (tertiary/aromatic N) is 1. The van der Waals surface area contributed by atoms with E-state index in [2.05, 4.69) is 61.5 Å². The van der Waals surface area contributed by atoms with Gasteiger partial charge in [-0.05, 0) is 48.1 Å². The second-order valence-corrected chi connectivity index (χ2v) is 9.14. The van der Waals surface area contributed by atoms with E-state index in [0.717, 1.165) is 58.4 Å². The van der Waals surface area contributed by atoms with Crippen LogP contribution in [0.5, 0.6) is 0 Å². The molecule has 1 saturated heterocycles. The van der Waals surface area contributed by atoms with Crippen LogP contribution in [-0.4, -0.2) is 42.8 Å². The molecule has 3 rings (SSSR count). The molecule has 1 aliphatic carbocycles. The van der Waals surface area contributed by atoms with Crippen molar-refractivity contribution in [3.63, 3.8) is 0 Å². The average Bonchev–Trinajstić information content (AvgIpc) is 2.74. The van der Waals surface area contributed by atoms with Crippen molar-refractivity contribution < 1.29 is 5.11 Å². The number of hydrogen-bond donors (Lipinski definition) is 2. The Bertz CT molecular complexity index is 676. The molecular formula is C25H38N2O. The molecule has 0 bridgehead atoms. The topological polar surface area (TPSA) is 35.5 Å². The fourth-order valence-corrected chi connectivity index (χ4v) is 5.39. The van der Waals surface area contributed by atoms with Crippen molar-refractivity contribution in [2.75, 3.05) is 32.8 Å². The van der Waals surface area contributed by atoms with E-state index >= 15 is 0 Å². The lowest BCUT2D eigenvalue weighted by molar-refractivity contribution is 0.0628. The maximum Gasteiger partial charge on any atom is 0.0522 e. The van der Waals surface area contributed by atoms with Crippen LogP contribution in [0.15, 0.2) is 49.1 Å². The van der Waals surface area contributed by atoms with Gasteiger partial charge in [-0.25, -0.2) is 0 Å². The summed E-state index contributed by atoms with van der Waals surface area (Å²) in [7, 11) is 0. The van der Waals surface area contributed by atoms with Gasteiger partial charge in [0, 0.05) is 38.1 Å². The summed E-state index contributed by atoms with van der Waals surface area (Å²) < 4.78 is 0. The summed E-state index contributed by atoms with van der Waals surface area (Å²) in [5, 5.41) is 13.5. The molecule has 0 aromatic heterocycles. The van der Waals surface area contributed by atoms with Crippen LogP contribution in [0.2, 0.25) is 0 Å². The zero-order valence-electron chi connectivity index (χ0n) is 17.8. The minimum atomic E-state index is -0.182. The molecule has 1 aromatic rings. The second kappa shape index (κ2) is 8.94. The van der Waals surface area contributed by atoms with Crippen LogP contribution in [0.4, 0.5) is 0 Å². The Morgan fingerprint density at radius 3 is 2.54 bits per heavy atom. The Balaban J connectivity index is 1.85. The van der Waals surface area contributed by atoms with Gasteiger partial charge in [-0.1, -0.05) is 56.3 Å². The van der Waals surface area contributed by atoms with E-state index < -0.39 is 0 Å². The normalized spacial score (nSPS) is 31.5. The van der Waals surface area contributed by atoms with Crippen molar-refractivity contribution in [1.82, 2.24) is 10.2 Å². The third-order valence-electron chi connectivity index (χ3n) is 7.34. The molecule has 3 atom stereocenters. The molecule has 3 heteroatoms. The van der Waals surface area contributed by atoms with Crippen LogP contribution in [-0.2, 0) is 12.0 Å². The lowest BCUT2D eigenvalue weighted by Crippen LogP contribution is -2.45. The number of nitrogens with one attached hydrogen (secondary N) is 1. The molecule has 0 amide bonds. The Morgan fingerprint density at radius 2 is 1.96 bits per heavy atom. The highest BCUT2D eigenvalue weighted by Gasteiger charge is 2.47. The second-order valence-electron chi connectivity index (χ2n) is 9.14. The summed E-state index contributed by atoms with van der Waals surface area (Å²) in [5.74, 6) is 0.455. The van der Waals surface area contributed by atoms with Gasteiger partial charge < -0.3 is 10.4 Å². The van der Waals surface area contributed by atoms with Gasteiger partial charge >= 0.3 is 0 Å². The smallest absolute Gasteiger partial charge is 0.0522 e. The Hall–Kier alpha value is -1.42. The quantitative estimate of drug-likeness (QED) is 0.691. The van der Waals surface area contributed by atoms with Crippen LogP contribution in [0.25, 0.3) is 0 Å². The van der Waals surface area contributed by atoms with Crippen LogP contribution in [0.3, 0.4) is 0 Å². The first-order valence-electron chi connectivity index (χ1n) is 10.9. The third kappa shape index (κ3) is 4.27. The third-order valence-corrected chi connectivity index (χ3v) is 7.34. The molecule has 0 spiro atoms. The van der Waals surface area contributed by atoms with Gasteiger partial charge in [0.1, 0.15) is 0 Å². The van der Waals surface area contributed by atoms with Gasteiger partial charge in [-0.3, -0.25) is 4.90 Å². The van der Waals surface area contributed by atoms with Gasteiger partial charge in [0.2, 0.25) is 0 Å². The highest BCUT2D eigenvalue weighted by Crippen LogP contribution is 2.54. The molecule has 28 heavy (non-hydrogen) atoms. The first-order valence-corrected chi connectivity index (χ1v) is 10.9. The number of aliphatic hydroxyl groups excluding tert-OH is 1. The average molecular weight is 383 g/mol. The molecule has 2 aliphatic rings. The van der Waals surface area contributed by atoms with Crippen molar-refractivity contribution >= 4 is 0 Å². The van der Waals surface area contributed by atoms with Crippen molar-refractivity contribution in [3.05, 3.63) is 60.2 Å². The lowest BCUT2D eigenvalue weighted by Gasteiger charge is -2.50. The number of piperazine rings is 1. The van der Waals surface area contributed by atoms with Gasteiger partial charge in [0.05, 0.1) is 6.61 Å². The molecule has 2 fully saturated rings. The standard InChI is InChI=1S/C25H38N2O/c1-5-20(3)23-11-12-25(6-2,19-28)18-24(23,4)22-9-7-21(8-10-22)17-27-15-13-26-14-16-27/h6-10,23,26,28H,2-3,5,11-19H2,1,4H3/t23-,24+,25-/m0/s1. The molecule has 1 aromatic carbocycles. The number of hydrogen-bond acceptors (Lipinski definition) is 3. The van der Waals surface area contributed by atoms with Crippen LogP contribution in [0.1, 0.15) is 50.7 Å². The van der Waals surface area contributed by atoms with Crippen molar-refractivity contribution in [1.29, 1.82) is 0 Å². The van der Waals surface area contributed by atoms with E-state index in [1.165, 1.54) is 16.7 Å². The van der Waals surface area contributed by atoms with E-state index in [0.29, 0.717) is 5.92 Å². The van der Waals surface area contributed by atoms with E-state index in [-0.39, 0.29) is 17.4 Å². The highest BCUT2D eigenvalue weighted by atomic mass is 16.3. The first-order chi connectivity index (χ1) is 13.5. The Kier molecular flexibility index (Phi) is 6.80. The summed E-state index contributed by atoms with van der Waals surface area (Å²) in [6.45, 7) is 18.7. The van der Waals surface area contributed by atoms with Gasteiger partial charge in [-0.2, -0.15) is 0 Å². The molecule has 0 radical (unpaired) electrons. The minimum absolute atomic E-state index is 0.0180. The summed E-state index contributed by atoms with van der Waals surface area (Å²) in [5.41, 5.74) is 3.89. The summed E-state index contributed by atoms with van der Waals surface area (Å²) in [6.07, 6.45) is 6.00. The minimum Gasteiger partial charge on any atom is -0.395 e. The predicted octanol–water partition coefficient (Wildman–Crippen LogP) is 4.28. The van der Waals surface area contributed by atoms with Crippen LogP contribution >= 0.6 is 0 Å². The molecule has 3 nitrogen and oxygen atoms in total. The van der Waals surface area contributed by atoms with E-state index in [9.17, 15) is 5.11 Å². The number of benzene rings is 1. The van der Waals surface area contributed by atoms with Gasteiger partial charge in [0.25, 0.3) is 0 Å². The fraction of sp³-hybridized carbons (Fsp3) is 0.600. The van der Waals surface area contributed by atoms with Gasteiger partial charge in [0.15, 0.2) is 0 Å². The zero-order valence-corrected chi connectivity index (χ0v) is 17.8. The number of allylic oxidation sites excluding steroid dienone is 1. The highest BCUT2D eigenvalue weighted by molar-refractivity contribution is 5.34. The Morgan fingerprint density at radius 1 is 1.29 bits per heavy atom. The largest absolute Gasteiger partial charge is 0.395 e. The molecule has 0 unspecified atom stereocenters. The maximum atomic E-state index is 10.1. The number of rotatable bonds is 7. The van der Waals surface area contributed by atoms with Crippen molar-refractivity contribution in [2.45, 2.75) is 51.5 Å². The first kappa shape index (κ1) is 21.3. The fourth-order valence-electron chi connectivity index (χ4n) is 5.39. The van der Waals surface area contributed by atoms with Crippen LogP contribution < -0.4 is 5.32 Å². The van der Waals surface area contributed by atoms with E-state index in [1.807, 2.05) is 6.08 Å². The van der Waals surface area contributed by atoms with Crippen molar-refractivity contribution in [2.24, 2.45) is 11.3 Å². The molecule has 2 N–H and O–H groups in total.